The number of hydrogen-bond acceptors (Lipinski definition) is 5. The van der Waals surface area contributed by atoms with Crippen LogP contribution in [0.25, 0.3) is 0 Å². The predicted octanol–water partition coefficient (Wildman–Crippen LogP) is 1.91. The van der Waals surface area contributed by atoms with Gasteiger partial charge in [-0.05, 0) is 18.9 Å². The number of oxime groups is 1. The Morgan fingerprint density at radius 2 is 2.30 bits per heavy atom. The van der Waals surface area contributed by atoms with Crippen LogP contribution in [0.15, 0.2) is 23.4 Å². The summed E-state index contributed by atoms with van der Waals surface area (Å²) in [5, 5.41) is 25.7. The smallest absolute Gasteiger partial charge is 0.272 e. The second-order valence-corrected chi connectivity index (χ2v) is 4.60. The minimum absolute atomic E-state index is 0.0598. The molecule has 7 heteroatoms. The molecule has 1 atom stereocenters. The third kappa shape index (κ3) is 4.20. The molecule has 4 N–H and O–H groups in total. The molecule has 0 aromatic heterocycles. The van der Waals surface area contributed by atoms with Crippen molar-refractivity contribution in [3.05, 3.63) is 39.4 Å². The first-order valence-corrected chi connectivity index (χ1v) is 6.42. The normalized spacial score (nSPS) is 13.2. The minimum atomic E-state index is -0.382. The molecule has 0 saturated heterocycles. The molecule has 0 fully saturated rings. The Bertz CT molecular complexity index is 502. The van der Waals surface area contributed by atoms with Gasteiger partial charge in [0.25, 0.3) is 5.69 Å². The number of nitrogens with one attached hydrogen (secondary N) is 1. The molecule has 0 amide bonds. The van der Waals surface area contributed by atoms with E-state index in [1.807, 2.05) is 13.0 Å². The fourth-order valence-electron chi connectivity index (χ4n) is 1.97. The largest absolute Gasteiger partial charge is 0.409 e. The summed E-state index contributed by atoms with van der Waals surface area (Å²) in [5.41, 5.74) is 7.13. The highest BCUT2D eigenvalue weighted by Gasteiger charge is 2.14. The van der Waals surface area contributed by atoms with Crippen LogP contribution in [-0.4, -0.2) is 22.0 Å². The Kier molecular flexibility index (Phi) is 5.92. The highest BCUT2D eigenvalue weighted by Crippen LogP contribution is 2.21. The van der Waals surface area contributed by atoms with Crippen LogP contribution >= 0.6 is 0 Å². The standard InChI is InChI=1S/C13H20N4O3/c1-3-11(7-13(14)16-18)15-8-10-5-4-6-12(9(10)2)17(19)20/h4-6,11,15,18H,3,7-8H2,1-2H3,(H2,14,16). The van der Waals surface area contributed by atoms with E-state index < -0.39 is 0 Å². The van der Waals surface area contributed by atoms with Crippen LogP contribution in [0.2, 0.25) is 0 Å². The molecule has 0 aliphatic heterocycles. The van der Waals surface area contributed by atoms with Gasteiger partial charge in [-0.1, -0.05) is 24.2 Å². The van der Waals surface area contributed by atoms with E-state index in [0.29, 0.717) is 18.5 Å². The Morgan fingerprint density at radius 3 is 2.85 bits per heavy atom. The first-order chi connectivity index (χ1) is 9.49. The highest BCUT2D eigenvalue weighted by molar-refractivity contribution is 5.80. The number of amidine groups is 1. The molecule has 1 rings (SSSR count). The van der Waals surface area contributed by atoms with Gasteiger partial charge in [-0.2, -0.15) is 0 Å². The Labute approximate surface area is 117 Å². The van der Waals surface area contributed by atoms with E-state index in [2.05, 4.69) is 10.5 Å². The number of benzene rings is 1. The Hall–Kier alpha value is -2.15. The molecule has 0 radical (unpaired) electrons. The molecule has 1 unspecified atom stereocenters. The van der Waals surface area contributed by atoms with E-state index in [1.165, 1.54) is 6.07 Å². The van der Waals surface area contributed by atoms with Crippen LogP contribution in [0.1, 0.15) is 30.9 Å². The second-order valence-electron chi connectivity index (χ2n) is 4.60. The average molecular weight is 280 g/mol. The first kappa shape index (κ1) is 15.9. The summed E-state index contributed by atoms with van der Waals surface area (Å²) in [4.78, 5) is 10.5. The SMILES string of the molecule is CCC(C/C(N)=N/O)NCc1cccc([N+](=O)[O-])c1C. The maximum atomic E-state index is 10.9. The van der Waals surface area contributed by atoms with Crippen LogP contribution in [0, 0.1) is 17.0 Å². The molecule has 1 aromatic rings. The van der Waals surface area contributed by atoms with Gasteiger partial charge >= 0.3 is 0 Å². The van der Waals surface area contributed by atoms with Gasteiger partial charge in [-0.3, -0.25) is 10.1 Å². The van der Waals surface area contributed by atoms with Gasteiger partial charge in [0.1, 0.15) is 5.84 Å². The molecule has 0 spiro atoms. The molecule has 0 bridgehead atoms. The Balaban J connectivity index is 2.74. The molecule has 7 nitrogen and oxygen atoms in total. The number of nitro groups is 1. The third-order valence-electron chi connectivity index (χ3n) is 3.27. The van der Waals surface area contributed by atoms with Crippen molar-refractivity contribution in [1.29, 1.82) is 0 Å². The zero-order valence-electron chi connectivity index (χ0n) is 11.7. The van der Waals surface area contributed by atoms with Gasteiger partial charge < -0.3 is 16.3 Å². The molecule has 0 heterocycles. The van der Waals surface area contributed by atoms with Crippen LogP contribution in [0.4, 0.5) is 5.69 Å². The molecule has 110 valence electrons. The zero-order valence-corrected chi connectivity index (χ0v) is 11.7. The second kappa shape index (κ2) is 7.44. The molecule has 0 saturated carbocycles. The third-order valence-corrected chi connectivity index (χ3v) is 3.27. The van der Waals surface area contributed by atoms with E-state index in [-0.39, 0.29) is 22.5 Å². The highest BCUT2D eigenvalue weighted by atomic mass is 16.6. The van der Waals surface area contributed by atoms with E-state index in [1.54, 1.807) is 13.0 Å². The molecule has 0 aliphatic rings. The number of rotatable bonds is 7. The van der Waals surface area contributed by atoms with E-state index in [0.717, 1.165) is 12.0 Å². The molecule has 20 heavy (non-hydrogen) atoms. The fourth-order valence-corrected chi connectivity index (χ4v) is 1.97. The lowest BCUT2D eigenvalue weighted by molar-refractivity contribution is -0.385. The molecule has 1 aromatic carbocycles. The number of hydrogen-bond donors (Lipinski definition) is 3. The van der Waals surface area contributed by atoms with Crippen molar-refractivity contribution in [2.45, 2.75) is 39.3 Å². The van der Waals surface area contributed by atoms with Crippen LogP contribution in [0.3, 0.4) is 0 Å². The summed E-state index contributed by atoms with van der Waals surface area (Å²) < 4.78 is 0. The van der Waals surface area contributed by atoms with E-state index in [9.17, 15) is 10.1 Å². The summed E-state index contributed by atoms with van der Waals surface area (Å²) in [5.74, 6) is 0.167. The van der Waals surface area contributed by atoms with Gasteiger partial charge in [0.15, 0.2) is 0 Å². The molecular weight excluding hydrogens is 260 g/mol. The van der Waals surface area contributed by atoms with Gasteiger partial charge in [-0.15, -0.1) is 0 Å². The van der Waals surface area contributed by atoms with Crippen molar-refractivity contribution in [3.8, 4) is 0 Å². The van der Waals surface area contributed by atoms with Crippen LogP contribution in [-0.2, 0) is 6.54 Å². The average Bonchev–Trinajstić information content (AvgIpc) is 2.43. The lowest BCUT2D eigenvalue weighted by atomic mass is 10.1. The minimum Gasteiger partial charge on any atom is -0.409 e. The van der Waals surface area contributed by atoms with Gasteiger partial charge in [-0.25, -0.2) is 0 Å². The summed E-state index contributed by atoms with van der Waals surface area (Å²) in [6.45, 7) is 4.23. The summed E-state index contributed by atoms with van der Waals surface area (Å²) >= 11 is 0. The monoisotopic (exact) mass is 280 g/mol. The number of nitro benzene ring substituents is 1. The lowest BCUT2D eigenvalue weighted by Gasteiger charge is -2.17. The summed E-state index contributed by atoms with van der Waals surface area (Å²) in [6, 6.07) is 5.08. The summed E-state index contributed by atoms with van der Waals surface area (Å²) in [6.07, 6.45) is 1.24. The number of nitrogens with zero attached hydrogens (tertiary/aromatic N) is 2. The van der Waals surface area contributed by atoms with Gasteiger partial charge in [0.2, 0.25) is 0 Å². The maximum absolute atomic E-state index is 10.9. The van der Waals surface area contributed by atoms with Crippen molar-refractivity contribution in [2.75, 3.05) is 0 Å². The number of nitrogens with two attached hydrogens (primary N) is 1. The molecule has 0 aliphatic carbocycles. The summed E-state index contributed by atoms with van der Waals surface area (Å²) in [7, 11) is 0. The van der Waals surface area contributed by atoms with Gasteiger partial charge in [0.05, 0.1) is 4.92 Å². The topological polar surface area (TPSA) is 114 Å². The van der Waals surface area contributed by atoms with Crippen LogP contribution < -0.4 is 11.1 Å². The first-order valence-electron chi connectivity index (χ1n) is 6.42. The zero-order chi connectivity index (χ0) is 15.1. The van der Waals surface area contributed by atoms with Crippen LogP contribution in [0.5, 0.6) is 0 Å². The van der Waals surface area contributed by atoms with E-state index in [4.69, 9.17) is 10.9 Å². The lowest BCUT2D eigenvalue weighted by Crippen LogP contribution is -2.33. The molecular formula is C13H20N4O3. The van der Waals surface area contributed by atoms with Crippen molar-refractivity contribution < 1.29 is 10.1 Å². The fraction of sp³-hybridized carbons (Fsp3) is 0.462. The Morgan fingerprint density at radius 1 is 1.60 bits per heavy atom. The maximum Gasteiger partial charge on any atom is 0.272 e. The predicted molar refractivity (Wildman–Crippen MR) is 76.8 cm³/mol. The van der Waals surface area contributed by atoms with E-state index >= 15 is 0 Å². The quantitative estimate of drug-likeness (QED) is 0.232. The van der Waals surface area contributed by atoms with Crippen molar-refractivity contribution >= 4 is 11.5 Å². The van der Waals surface area contributed by atoms with Crippen molar-refractivity contribution in [2.24, 2.45) is 10.9 Å². The van der Waals surface area contributed by atoms with Gasteiger partial charge in [0, 0.05) is 30.6 Å². The van der Waals surface area contributed by atoms with Crippen molar-refractivity contribution in [3.63, 3.8) is 0 Å². The van der Waals surface area contributed by atoms with Crippen molar-refractivity contribution in [1.82, 2.24) is 5.32 Å².